The molecule has 1 heterocycles. The molecule has 0 aliphatic carbocycles. The Bertz CT molecular complexity index is 642. The molecular weight excluding hydrogens is 274 g/mol. The molecule has 1 N–H and O–H groups in total. The SMILES string of the molecule is O=C(Nc1ccccc1Cl)C1CCc2ccccc2O1. The molecule has 0 radical (unpaired) electrons. The van der Waals surface area contributed by atoms with Gasteiger partial charge in [-0.2, -0.15) is 0 Å². The van der Waals surface area contributed by atoms with Gasteiger partial charge < -0.3 is 10.1 Å². The van der Waals surface area contributed by atoms with Gasteiger partial charge in [0.1, 0.15) is 5.75 Å². The van der Waals surface area contributed by atoms with Crippen LogP contribution >= 0.6 is 11.6 Å². The minimum absolute atomic E-state index is 0.160. The summed E-state index contributed by atoms with van der Waals surface area (Å²) in [6.07, 6.45) is 1.05. The molecule has 1 unspecified atom stereocenters. The van der Waals surface area contributed by atoms with Gasteiger partial charge in [-0.15, -0.1) is 0 Å². The van der Waals surface area contributed by atoms with Crippen LogP contribution in [-0.2, 0) is 11.2 Å². The van der Waals surface area contributed by atoms with Gasteiger partial charge in [-0.3, -0.25) is 4.79 Å². The number of halogens is 1. The monoisotopic (exact) mass is 287 g/mol. The van der Waals surface area contributed by atoms with Gasteiger partial charge in [0, 0.05) is 0 Å². The Morgan fingerprint density at radius 1 is 1.15 bits per heavy atom. The van der Waals surface area contributed by atoms with E-state index >= 15 is 0 Å². The summed E-state index contributed by atoms with van der Waals surface area (Å²) in [4.78, 5) is 12.2. The first-order valence-electron chi connectivity index (χ1n) is 6.54. The van der Waals surface area contributed by atoms with Crippen LogP contribution in [0.4, 0.5) is 5.69 Å². The molecule has 4 heteroatoms. The number of anilines is 1. The normalized spacial score (nSPS) is 16.9. The Balaban J connectivity index is 1.72. The Morgan fingerprint density at radius 3 is 2.75 bits per heavy atom. The second-order valence-electron chi connectivity index (χ2n) is 4.72. The number of rotatable bonds is 2. The summed E-state index contributed by atoms with van der Waals surface area (Å²) in [5, 5.41) is 3.34. The summed E-state index contributed by atoms with van der Waals surface area (Å²) in [6, 6.07) is 15.0. The number of aryl methyl sites for hydroxylation is 1. The van der Waals surface area contributed by atoms with Crippen LogP contribution in [0.25, 0.3) is 0 Å². The van der Waals surface area contributed by atoms with Crippen molar-refractivity contribution in [3.63, 3.8) is 0 Å². The summed E-state index contributed by atoms with van der Waals surface area (Å²) in [7, 11) is 0. The van der Waals surface area contributed by atoms with Crippen molar-refractivity contribution in [1.82, 2.24) is 0 Å². The number of ether oxygens (including phenoxy) is 1. The van der Waals surface area contributed by atoms with Gasteiger partial charge in [-0.25, -0.2) is 0 Å². The van der Waals surface area contributed by atoms with E-state index in [4.69, 9.17) is 16.3 Å². The molecule has 1 aliphatic heterocycles. The lowest BCUT2D eigenvalue weighted by Gasteiger charge is -2.25. The standard InChI is InChI=1S/C16H14ClNO2/c17-12-6-2-3-7-13(12)18-16(19)15-10-9-11-5-1-4-8-14(11)20-15/h1-8,15H,9-10H2,(H,18,19). The largest absolute Gasteiger partial charge is 0.480 e. The van der Waals surface area contributed by atoms with Crippen molar-refractivity contribution in [3.05, 3.63) is 59.1 Å². The molecule has 3 nitrogen and oxygen atoms in total. The number of benzene rings is 2. The molecule has 0 aromatic heterocycles. The van der Waals surface area contributed by atoms with Crippen LogP contribution in [0.15, 0.2) is 48.5 Å². The van der Waals surface area contributed by atoms with Crippen molar-refractivity contribution in [2.75, 3.05) is 5.32 Å². The van der Waals surface area contributed by atoms with Crippen molar-refractivity contribution in [1.29, 1.82) is 0 Å². The van der Waals surface area contributed by atoms with Crippen LogP contribution in [-0.4, -0.2) is 12.0 Å². The molecule has 0 saturated carbocycles. The molecule has 102 valence electrons. The van der Waals surface area contributed by atoms with E-state index in [9.17, 15) is 4.79 Å². The lowest BCUT2D eigenvalue weighted by atomic mass is 10.0. The fourth-order valence-corrected chi connectivity index (χ4v) is 2.47. The van der Waals surface area contributed by atoms with Crippen molar-refractivity contribution in [2.45, 2.75) is 18.9 Å². The maximum absolute atomic E-state index is 12.2. The van der Waals surface area contributed by atoms with E-state index in [1.54, 1.807) is 12.1 Å². The van der Waals surface area contributed by atoms with Gasteiger partial charge in [0.2, 0.25) is 0 Å². The van der Waals surface area contributed by atoms with E-state index in [0.29, 0.717) is 17.1 Å². The lowest BCUT2D eigenvalue weighted by Crippen LogP contribution is -2.35. The first-order valence-corrected chi connectivity index (χ1v) is 6.92. The molecule has 0 spiro atoms. The van der Waals surface area contributed by atoms with Gasteiger partial charge >= 0.3 is 0 Å². The first-order chi connectivity index (χ1) is 9.74. The Hall–Kier alpha value is -2.00. The number of hydrogen-bond acceptors (Lipinski definition) is 2. The summed E-state index contributed by atoms with van der Waals surface area (Å²) in [5.41, 5.74) is 1.76. The number of hydrogen-bond donors (Lipinski definition) is 1. The molecule has 1 amide bonds. The molecule has 0 bridgehead atoms. The zero-order valence-corrected chi connectivity index (χ0v) is 11.6. The number of nitrogens with one attached hydrogen (secondary N) is 1. The minimum atomic E-state index is -0.471. The van der Waals surface area contributed by atoms with E-state index in [1.807, 2.05) is 36.4 Å². The Morgan fingerprint density at radius 2 is 1.90 bits per heavy atom. The van der Waals surface area contributed by atoms with Crippen LogP contribution < -0.4 is 10.1 Å². The molecular formula is C16H14ClNO2. The number of carbonyl (C=O) groups excluding carboxylic acids is 1. The Labute approximate surface area is 122 Å². The molecule has 0 saturated heterocycles. The second-order valence-corrected chi connectivity index (χ2v) is 5.13. The number of fused-ring (bicyclic) bond motifs is 1. The van der Waals surface area contributed by atoms with E-state index in [0.717, 1.165) is 17.7 Å². The zero-order chi connectivity index (χ0) is 13.9. The van der Waals surface area contributed by atoms with Gasteiger partial charge in [0.15, 0.2) is 6.10 Å². The topological polar surface area (TPSA) is 38.3 Å². The predicted octanol–water partition coefficient (Wildman–Crippen LogP) is 3.67. The molecule has 3 rings (SSSR count). The minimum Gasteiger partial charge on any atom is -0.480 e. The van der Waals surface area contributed by atoms with Gasteiger partial charge in [0.25, 0.3) is 5.91 Å². The number of amides is 1. The average molecular weight is 288 g/mol. The fourth-order valence-electron chi connectivity index (χ4n) is 2.28. The van der Waals surface area contributed by atoms with Crippen molar-refractivity contribution >= 4 is 23.2 Å². The molecule has 2 aromatic carbocycles. The molecule has 1 aliphatic rings. The summed E-state index contributed by atoms with van der Waals surface area (Å²) >= 11 is 6.03. The van der Waals surface area contributed by atoms with E-state index in [-0.39, 0.29) is 5.91 Å². The highest BCUT2D eigenvalue weighted by atomic mass is 35.5. The predicted molar refractivity (Wildman–Crippen MR) is 79.3 cm³/mol. The van der Waals surface area contributed by atoms with E-state index < -0.39 is 6.10 Å². The third kappa shape index (κ3) is 2.63. The summed E-state index contributed by atoms with van der Waals surface area (Å²) < 4.78 is 5.75. The lowest BCUT2D eigenvalue weighted by molar-refractivity contribution is -0.123. The molecule has 2 aromatic rings. The zero-order valence-electron chi connectivity index (χ0n) is 10.8. The quantitative estimate of drug-likeness (QED) is 0.915. The maximum Gasteiger partial charge on any atom is 0.265 e. The van der Waals surface area contributed by atoms with E-state index in [1.165, 1.54) is 0 Å². The molecule has 0 fully saturated rings. The number of para-hydroxylation sites is 2. The molecule has 1 atom stereocenters. The third-order valence-electron chi connectivity index (χ3n) is 3.34. The highest BCUT2D eigenvalue weighted by Crippen LogP contribution is 2.28. The van der Waals surface area contributed by atoms with Crippen molar-refractivity contribution in [3.8, 4) is 5.75 Å². The first kappa shape index (κ1) is 13.0. The van der Waals surface area contributed by atoms with Crippen LogP contribution in [0.2, 0.25) is 5.02 Å². The fraction of sp³-hybridized carbons (Fsp3) is 0.188. The maximum atomic E-state index is 12.2. The third-order valence-corrected chi connectivity index (χ3v) is 3.67. The average Bonchev–Trinajstić information content (AvgIpc) is 2.49. The smallest absolute Gasteiger partial charge is 0.265 e. The summed E-state index contributed by atoms with van der Waals surface area (Å²) in [6.45, 7) is 0. The van der Waals surface area contributed by atoms with Crippen LogP contribution in [0.5, 0.6) is 5.75 Å². The highest BCUT2D eigenvalue weighted by Gasteiger charge is 2.26. The second kappa shape index (κ2) is 5.55. The Kier molecular flexibility index (Phi) is 3.61. The summed E-state index contributed by atoms with van der Waals surface area (Å²) in [5.74, 6) is 0.630. The highest BCUT2D eigenvalue weighted by molar-refractivity contribution is 6.33. The molecule has 20 heavy (non-hydrogen) atoms. The van der Waals surface area contributed by atoms with Crippen LogP contribution in [0, 0.1) is 0 Å². The van der Waals surface area contributed by atoms with Gasteiger partial charge in [-0.05, 0) is 36.6 Å². The van der Waals surface area contributed by atoms with E-state index in [2.05, 4.69) is 5.32 Å². The van der Waals surface area contributed by atoms with Crippen molar-refractivity contribution in [2.24, 2.45) is 0 Å². The van der Waals surface area contributed by atoms with Crippen LogP contribution in [0.3, 0.4) is 0 Å². The van der Waals surface area contributed by atoms with Gasteiger partial charge in [0.05, 0.1) is 10.7 Å². The van der Waals surface area contributed by atoms with Gasteiger partial charge in [-0.1, -0.05) is 41.9 Å². The number of carbonyl (C=O) groups is 1. The van der Waals surface area contributed by atoms with Crippen LogP contribution in [0.1, 0.15) is 12.0 Å². The van der Waals surface area contributed by atoms with Crippen molar-refractivity contribution < 1.29 is 9.53 Å².